The molecule has 0 unspecified atom stereocenters. The van der Waals surface area contributed by atoms with E-state index in [0.717, 1.165) is 37.4 Å². The largest absolute Gasteiger partial charge is 0.465 e. The Kier molecular flexibility index (Phi) is 7.50. The molecule has 2 aromatic heterocycles. The summed E-state index contributed by atoms with van der Waals surface area (Å²) in [6.45, 7) is 10.8. The highest BCUT2D eigenvalue weighted by atomic mass is 16.7. The van der Waals surface area contributed by atoms with Crippen molar-refractivity contribution < 1.29 is 14.4 Å². The Hall–Kier alpha value is -4.06. The lowest BCUT2D eigenvalue weighted by Gasteiger charge is -2.37. The Morgan fingerprint density at radius 3 is 2.66 bits per heavy atom. The van der Waals surface area contributed by atoms with Gasteiger partial charge in [-0.25, -0.2) is 19.8 Å². The number of fused-ring (bicyclic) bond motifs is 1. The Balaban J connectivity index is 1.41. The van der Waals surface area contributed by atoms with Crippen LogP contribution >= 0.6 is 0 Å². The number of hydrogen-bond acceptors (Lipinski definition) is 11. The number of hydrazine groups is 1. The zero-order chi connectivity index (χ0) is 26.6. The molecular weight excluding hydrogens is 484 g/mol. The van der Waals surface area contributed by atoms with Gasteiger partial charge in [0.15, 0.2) is 11.6 Å². The first-order valence-corrected chi connectivity index (χ1v) is 12.5. The van der Waals surface area contributed by atoms with E-state index in [0.29, 0.717) is 36.3 Å². The Morgan fingerprint density at radius 2 is 1.97 bits per heavy atom. The molecule has 1 fully saturated rings. The van der Waals surface area contributed by atoms with Crippen LogP contribution < -0.4 is 15.2 Å². The molecule has 198 valence electrons. The molecule has 0 saturated carbocycles. The predicted molar refractivity (Wildman–Crippen MR) is 146 cm³/mol. The normalized spacial score (nSPS) is 16.2. The topological polar surface area (TPSA) is 99.2 Å². The molecule has 4 heterocycles. The van der Waals surface area contributed by atoms with Crippen LogP contribution in [0, 0.1) is 6.92 Å². The molecule has 0 bridgehead atoms. The van der Waals surface area contributed by atoms with Gasteiger partial charge in [-0.15, -0.1) is 6.58 Å². The maximum atomic E-state index is 11.9. The third kappa shape index (κ3) is 5.30. The van der Waals surface area contributed by atoms with Gasteiger partial charge in [0.05, 0.1) is 19.2 Å². The summed E-state index contributed by atoms with van der Waals surface area (Å²) in [4.78, 5) is 36.4. The van der Waals surface area contributed by atoms with Gasteiger partial charge in [-0.2, -0.15) is 4.98 Å². The van der Waals surface area contributed by atoms with Gasteiger partial charge >= 0.3 is 5.97 Å². The van der Waals surface area contributed by atoms with Gasteiger partial charge in [-0.05, 0) is 49.9 Å². The molecule has 0 amide bonds. The minimum Gasteiger partial charge on any atom is -0.465 e. The van der Waals surface area contributed by atoms with Crippen LogP contribution in [0.4, 0.5) is 29.0 Å². The second kappa shape index (κ2) is 11.1. The maximum Gasteiger partial charge on any atom is 0.339 e. The minimum absolute atomic E-state index is 0.305. The van der Waals surface area contributed by atoms with E-state index in [4.69, 9.17) is 14.6 Å². The first-order valence-electron chi connectivity index (χ1n) is 12.5. The van der Waals surface area contributed by atoms with Gasteiger partial charge in [0, 0.05) is 55.5 Å². The Morgan fingerprint density at radius 1 is 1.16 bits per heavy atom. The molecule has 38 heavy (non-hydrogen) atoms. The van der Waals surface area contributed by atoms with Crippen molar-refractivity contribution in [2.75, 3.05) is 62.1 Å². The number of carbonyl (C=O) groups excluding carboxylic acids is 1. The SMILES string of the molecule is C=CCN1OCc2cnc(Nc3ccc(N4CCN(C)CC4)c(C)c3)nc2N1c1ccc(C(=O)OC)cn1. The van der Waals surface area contributed by atoms with Gasteiger partial charge in [0.2, 0.25) is 5.95 Å². The summed E-state index contributed by atoms with van der Waals surface area (Å²) in [6.07, 6.45) is 4.94. The van der Waals surface area contributed by atoms with Crippen molar-refractivity contribution in [3.05, 3.63) is 72.1 Å². The lowest BCUT2D eigenvalue weighted by Crippen LogP contribution is -2.44. The molecule has 3 aromatic rings. The number of benzene rings is 1. The van der Waals surface area contributed by atoms with Crippen molar-refractivity contribution in [1.29, 1.82) is 0 Å². The van der Waals surface area contributed by atoms with E-state index in [9.17, 15) is 4.79 Å². The minimum atomic E-state index is -0.454. The van der Waals surface area contributed by atoms with Crippen LogP contribution in [0.25, 0.3) is 0 Å². The average Bonchev–Trinajstić information content (AvgIpc) is 2.93. The zero-order valence-electron chi connectivity index (χ0n) is 21.9. The van der Waals surface area contributed by atoms with Crippen molar-refractivity contribution in [3.63, 3.8) is 0 Å². The van der Waals surface area contributed by atoms with Crippen LogP contribution in [0.3, 0.4) is 0 Å². The quantitative estimate of drug-likeness (QED) is 0.369. The lowest BCUT2D eigenvalue weighted by molar-refractivity contribution is -0.172. The summed E-state index contributed by atoms with van der Waals surface area (Å²) in [5.74, 6) is 1.15. The number of ether oxygens (including phenoxy) is 1. The van der Waals surface area contributed by atoms with Crippen molar-refractivity contribution >= 4 is 34.9 Å². The maximum absolute atomic E-state index is 11.9. The number of piperazine rings is 1. The van der Waals surface area contributed by atoms with Crippen LogP contribution in [0.5, 0.6) is 0 Å². The van der Waals surface area contributed by atoms with E-state index in [2.05, 4.69) is 63.8 Å². The van der Waals surface area contributed by atoms with E-state index in [1.165, 1.54) is 24.6 Å². The van der Waals surface area contributed by atoms with Crippen molar-refractivity contribution in [2.24, 2.45) is 0 Å². The van der Waals surface area contributed by atoms with E-state index in [1.807, 2.05) is 0 Å². The second-order valence-electron chi connectivity index (χ2n) is 9.26. The van der Waals surface area contributed by atoms with E-state index >= 15 is 0 Å². The number of nitrogens with one attached hydrogen (secondary N) is 1. The third-order valence-corrected chi connectivity index (χ3v) is 6.60. The molecule has 5 rings (SSSR count). The van der Waals surface area contributed by atoms with Gasteiger partial charge in [0.25, 0.3) is 0 Å². The molecule has 2 aliphatic rings. The number of nitrogens with zero attached hydrogens (tertiary/aromatic N) is 7. The van der Waals surface area contributed by atoms with E-state index < -0.39 is 5.97 Å². The van der Waals surface area contributed by atoms with Gasteiger partial charge in [-0.3, -0.25) is 4.84 Å². The Bertz CT molecular complexity index is 1310. The summed E-state index contributed by atoms with van der Waals surface area (Å²) in [5, 5.41) is 6.72. The summed E-state index contributed by atoms with van der Waals surface area (Å²) >= 11 is 0. The van der Waals surface area contributed by atoms with Gasteiger partial charge in [0.1, 0.15) is 6.61 Å². The number of pyridine rings is 1. The fourth-order valence-corrected chi connectivity index (χ4v) is 4.53. The number of anilines is 5. The average molecular weight is 517 g/mol. The smallest absolute Gasteiger partial charge is 0.339 e. The van der Waals surface area contributed by atoms with Crippen molar-refractivity contribution in [1.82, 2.24) is 25.0 Å². The second-order valence-corrected chi connectivity index (χ2v) is 9.26. The summed E-state index contributed by atoms with van der Waals surface area (Å²) in [6, 6.07) is 9.70. The van der Waals surface area contributed by atoms with Gasteiger partial charge < -0.3 is 19.9 Å². The highest BCUT2D eigenvalue weighted by Crippen LogP contribution is 2.34. The molecule has 1 saturated heterocycles. The number of hydroxylamine groups is 1. The molecule has 11 heteroatoms. The Labute approximate surface area is 222 Å². The van der Waals surface area contributed by atoms with Crippen molar-refractivity contribution in [3.8, 4) is 0 Å². The predicted octanol–water partition coefficient (Wildman–Crippen LogP) is 3.45. The summed E-state index contributed by atoms with van der Waals surface area (Å²) in [5.41, 5.74) is 4.50. The number of rotatable bonds is 7. The van der Waals surface area contributed by atoms with Crippen LogP contribution in [-0.2, 0) is 16.2 Å². The lowest BCUT2D eigenvalue weighted by atomic mass is 10.1. The molecular formula is C27H32N8O3. The first kappa shape index (κ1) is 25.6. The monoisotopic (exact) mass is 516 g/mol. The fourth-order valence-electron chi connectivity index (χ4n) is 4.53. The number of esters is 1. The number of likely N-dealkylation sites (N-methyl/N-ethyl adjacent to an activating group) is 1. The van der Waals surface area contributed by atoms with E-state index in [1.54, 1.807) is 34.6 Å². The molecule has 1 aromatic carbocycles. The van der Waals surface area contributed by atoms with Crippen LogP contribution in [-0.4, -0.2) is 77.9 Å². The van der Waals surface area contributed by atoms with Crippen LogP contribution in [0.15, 0.2) is 55.4 Å². The number of aryl methyl sites for hydroxylation is 1. The summed E-state index contributed by atoms with van der Waals surface area (Å²) in [7, 11) is 3.50. The number of aromatic nitrogens is 3. The number of carbonyl (C=O) groups is 1. The fraction of sp³-hybridized carbons (Fsp3) is 0.333. The molecule has 0 radical (unpaired) electrons. The molecule has 2 aliphatic heterocycles. The number of methoxy groups -OCH3 is 1. The van der Waals surface area contributed by atoms with E-state index in [-0.39, 0.29) is 0 Å². The zero-order valence-corrected chi connectivity index (χ0v) is 21.9. The molecule has 0 spiro atoms. The standard InChI is InChI=1S/C27H32N8O3/c1-5-10-34-35(24-9-6-20(16-28-24)26(36)37-4)25-21(18-38-34)17-29-27(31-25)30-22-7-8-23(19(2)15-22)33-13-11-32(3)12-14-33/h5-9,15-17H,1,10-14,18H2,2-4H3,(H,29,30,31). The van der Waals surface area contributed by atoms with Crippen LogP contribution in [0.1, 0.15) is 21.5 Å². The number of hydrogen-bond donors (Lipinski definition) is 1. The molecule has 0 aliphatic carbocycles. The highest BCUT2D eigenvalue weighted by Gasteiger charge is 2.29. The molecule has 11 nitrogen and oxygen atoms in total. The molecule has 1 N–H and O–H groups in total. The van der Waals surface area contributed by atoms with Crippen LogP contribution in [0.2, 0.25) is 0 Å². The van der Waals surface area contributed by atoms with Crippen molar-refractivity contribution in [2.45, 2.75) is 13.5 Å². The highest BCUT2D eigenvalue weighted by molar-refractivity contribution is 5.89. The van der Waals surface area contributed by atoms with Gasteiger partial charge in [-0.1, -0.05) is 11.2 Å². The summed E-state index contributed by atoms with van der Waals surface area (Å²) < 4.78 is 4.79. The first-order chi connectivity index (χ1) is 18.5. The third-order valence-electron chi connectivity index (χ3n) is 6.60. The molecule has 0 atom stereocenters.